The largest absolute Gasteiger partial charge is 0.508 e. The van der Waals surface area contributed by atoms with E-state index in [-0.39, 0.29) is 58.3 Å². The van der Waals surface area contributed by atoms with Crippen molar-refractivity contribution in [1.29, 1.82) is 0 Å². The Morgan fingerprint density at radius 3 is 2.00 bits per heavy atom. The number of hydrogen-bond acceptors (Lipinski definition) is 6. The smallest absolute Gasteiger partial charge is 0.343 e. The van der Waals surface area contributed by atoms with E-state index in [1.54, 1.807) is 12.1 Å². The highest BCUT2D eigenvalue weighted by Gasteiger charge is 2.59. The van der Waals surface area contributed by atoms with E-state index in [1.807, 2.05) is 12.2 Å². The van der Waals surface area contributed by atoms with Gasteiger partial charge in [0.05, 0.1) is 23.1 Å². The lowest BCUT2D eigenvalue weighted by molar-refractivity contribution is -0.123. The number of aromatic hydroxyl groups is 2. The number of hydrogen-bond donors (Lipinski definition) is 2. The first-order chi connectivity index (χ1) is 13.9. The summed E-state index contributed by atoms with van der Waals surface area (Å²) >= 11 is 0. The van der Waals surface area contributed by atoms with Gasteiger partial charge in [0.1, 0.15) is 17.2 Å². The highest BCUT2D eigenvalue weighted by atomic mass is 16.5. The second-order valence-corrected chi connectivity index (χ2v) is 7.63. The number of fused-ring (bicyclic) bond motifs is 5. The number of carbonyl (C=O) groups excluding carboxylic acids is 3. The summed E-state index contributed by atoms with van der Waals surface area (Å²) in [6.07, 6.45) is 4.96. The molecule has 2 aromatic carbocycles. The maximum atomic E-state index is 12.8. The van der Waals surface area contributed by atoms with Gasteiger partial charge in [0.15, 0.2) is 0 Å². The van der Waals surface area contributed by atoms with Gasteiger partial charge in [-0.05, 0) is 54.7 Å². The fourth-order valence-electron chi connectivity index (χ4n) is 4.70. The standard InChI is InChI=1S/C22H17NO6/c24-15-8-13(9-16(25)10-15)22(28)29-17-5-3-14(4-6-17)23-20(26)18-11-1-2-12(7-11)19(18)21(23)27/h1-6,8-12,18-19,24-25H,7H2. The summed E-state index contributed by atoms with van der Waals surface area (Å²) in [5.41, 5.74) is 0.441. The lowest BCUT2D eigenvalue weighted by Gasteiger charge is -2.17. The third-order valence-corrected chi connectivity index (χ3v) is 5.91. The van der Waals surface area contributed by atoms with Crippen LogP contribution in [0.25, 0.3) is 0 Å². The Hall–Kier alpha value is -3.61. The minimum atomic E-state index is -0.755. The van der Waals surface area contributed by atoms with Crippen LogP contribution in [0.3, 0.4) is 0 Å². The molecule has 2 aromatic rings. The number of ether oxygens (including phenoxy) is 1. The maximum absolute atomic E-state index is 12.8. The van der Waals surface area contributed by atoms with Crippen molar-refractivity contribution in [2.75, 3.05) is 4.90 Å². The molecule has 0 radical (unpaired) electrons. The lowest BCUT2D eigenvalue weighted by atomic mass is 9.85. The number of benzene rings is 2. The summed E-state index contributed by atoms with van der Waals surface area (Å²) in [5.74, 6) is -1.65. The molecule has 1 aliphatic heterocycles. The normalized spacial score (nSPS) is 26.8. The molecule has 0 aromatic heterocycles. The molecule has 146 valence electrons. The quantitative estimate of drug-likeness (QED) is 0.361. The predicted molar refractivity (Wildman–Crippen MR) is 101 cm³/mol. The second-order valence-electron chi connectivity index (χ2n) is 7.63. The molecule has 2 aliphatic carbocycles. The second kappa shape index (κ2) is 6.20. The zero-order valence-electron chi connectivity index (χ0n) is 15.2. The van der Waals surface area contributed by atoms with Gasteiger partial charge < -0.3 is 14.9 Å². The molecule has 1 saturated heterocycles. The van der Waals surface area contributed by atoms with Crippen molar-refractivity contribution < 1.29 is 29.3 Å². The van der Waals surface area contributed by atoms with Crippen LogP contribution >= 0.6 is 0 Å². The molecule has 3 aliphatic rings. The molecule has 4 unspecified atom stereocenters. The zero-order valence-corrected chi connectivity index (χ0v) is 15.2. The van der Waals surface area contributed by atoms with E-state index in [0.29, 0.717) is 5.69 Å². The van der Waals surface area contributed by atoms with Gasteiger partial charge in [-0.3, -0.25) is 14.5 Å². The molecule has 0 spiro atoms. The molecule has 2 amide bonds. The molecule has 7 nitrogen and oxygen atoms in total. The van der Waals surface area contributed by atoms with Gasteiger partial charge in [0.25, 0.3) is 0 Å². The third-order valence-electron chi connectivity index (χ3n) is 5.91. The van der Waals surface area contributed by atoms with E-state index in [0.717, 1.165) is 12.5 Å². The molecule has 2 fully saturated rings. The Labute approximate surface area is 165 Å². The molecular formula is C22H17NO6. The van der Waals surface area contributed by atoms with Crippen molar-refractivity contribution in [3.05, 3.63) is 60.2 Å². The minimum Gasteiger partial charge on any atom is -0.508 e. The number of esters is 1. The van der Waals surface area contributed by atoms with Crippen molar-refractivity contribution in [3.8, 4) is 17.2 Å². The number of phenols is 2. The molecule has 4 atom stereocenters. The van der Waals surface area contributed by atoms with E-state index in [4.69, 9.17) is 4.74 Å². The van der Waals surface area contributed by atoms with Gasteiger partial charge >= 0.3 is 5.97 Å². The zero-order chi connectivity index (χ0) is 20.3. The molecular weight excluding hydrogens is 374 g/mol. The Balaban J connectivity index is 1.34. The summed E-state index contributed by atoms with van der Waals surface area (Å²) in [6, 6.07) is 9.59. The fraction of sp³-hybridized carbons (Fsp3) is 0.227. The van der Waals surface area contributed by atoms with Gasteiger partial charge in [-0.25, -0.2) is 4.79 Å². The van der Waals surface area contributed by atoms with Crippen LogP contribution in [-0.2, 0) is 9.59 Å². The van der Waals surface area contributed by atoms with Crippen LogP contribution in [0.1, 0.15) is 16.8 Å². The van der Waals surface area contributed by atoms with Gasteiger partial charge in [-0.1, -0.05) is 12.2 Å². The van der Waals surface area contributed by atoms with Gasteiger partial charge in [0, 0.05) is 6.07 Å². The topological polar surface area (TPSA) is 104 Å². The van der Waals surface area contributed by atoms with Crippen LogP contribution in [0.15, 0.2) is 54.6 Å². The van der Waals surface area contributed by atoms with Crippen LogP contribution in [0.5, 0.6) is 17.2 Å². The van der Waals surface area contributed by atoms with Crippen molar-refractivity contribution in [1.82, 2.24) is 0 Å². The number of allylic oxidation sites excluding steroid dienone is 2. The molecule has 2 bridgehead atoms. The number of anilines is 1. The summed E-state index contributed by atoms with van der Waals surface area (Å²) in [7, 11) is 0. The Bertz CT molecular complexity index is 1020. The summed E-state index contributed by atoms with van der Waals surface area (Å²) in [6.45, 7) is 0. The van der Waals surface area contributed by atoms with E-state index < -0.39 is 5.97 Å². The summed E-state index contributed by atoms with van der Waals surface area (Å²) < 4.78 is 5.24. The Morgan fingerprint density at radius 2 is 1.45 bits per heavy atom. The first kappa shape index (κ1) is 17.5. The molecule has 2 N–H and O–H groups in total. The molecule has 1 saturated carbocycles. The van der Waals surface area contributed by atoms with Crippen molar-refractivity contribution >= 4 is 23.5 Å². The van der Waals surface area contributed by atoms with E-state index in [9.17, 15) is 24.6 Å². The van der Waals surface area contributed by atoms with Gasteiger partial charge in [0.2, 0.25) is 11.8 Å². The monoisotopic (exact) mass is 391 g/mol. The number of rotatable bonds is 3. The van der Waals surface area contributed by atoms with Crippen LogP contribution in [0.4, 0.5) is 5.69 Å². The average molecular weight is 391 g/mol. The number of amides is 2. The molecule has 1 heterocycles. The SMILES string of the molecule is O=C(Oc1ccc(N2C(=O)C3C4C=CC(C4)C3C2=O)cc1)c1cc(O)cc(O)c1. The first-order valence-corrected chi connectivity index (χ1v) is 9.34. The summed E-state index contributed by atoms with van der Waals surface area (Å²) in [5, 5.41) is 19.0. The van der Waals surface area contributed by atoms with Crippen LogP contribution in [0.2, 0.25) is 0 Å². The van der Waals surface area contributed by atoms with Crippen molar-refractivity contribution in [2.24, 2.45) is 23.7 Å². The van der Waals surface area contributed by atoms with Crippen molar-refractivity contribution in [3.63, 3.8) is 0 Å². The minimum absolute atomic E-state index is 0.00715. The number of carbonyl (C=O) groups is 3. The van der Waals surface area contributed by atoms with Gasteiger partial charge in [-0.2, -0.15) is 0 Å². The molecule has 29 heavy (non-hydrogen) atoms. The Kier molecular flexibility index (Phi) is 3.74. The predicted octanol–water partition coefficient (Wildman–Crippen LogP) is 2.63. The Morgan fingerprint density at radius 1 is 0.897 bits per heavy atom. The average Bonchev–Trinajstić information content (AvgIpc) is 3.36. The highest BCUT2D eigenvalue weighted by molar-refractivity contribution is 6.22. The van der Waals surface area contributed by atoms with E-state index in [1.165, 1.54) is 29.2 Å². The third kappa shape index (κ3) is 2.69. The van der Waals surface area contributed by atoms with E-state index >= 15 is 0 Å². The number of nitrogens with zero attached hydrogens (tertiary/aromatic N) is 1. The summed E-state index contributed by atoms with van der Waals surface area (Å²) in [4.78, 5) is 39.1. The fourth-order valence-corrected chi connectivity index (χ4v) is 4.70. The maximum Gasteiger partial charge on any atom is 0.343 e. The first-order valence-electron chi connectivity index (χ1n) is 9.34. The van der Waals surface area contributed by atoms with Crippen molar-refractivity contribution in [2.45, 2.75) is 6.42 Å². The van der Waals surface area contributed by atoms with Crippen LogP contribution < -0.4 is 9.64 Å². The van der Waals surface area contributed by atoms with Crippen LogP contribution in [-0.4, -0.2) is 28.0 Å². The van der Waals surface area contributed by atoms with Crippen LogP contribution in [0, 0.1) is 23.7 Å². The molecule has 5 rings (SSSR count). The van der Waals surface area contributed by atoms with Gasteiger partial charge in [-0.15, -0.1) is 0 Å². The number of phenolic OH excluding ortho intramolecular Hbond substituents is 2. The number of imide groups is 1. The van der Waals surface area contributed by atoms with E-state index in [2.05, 4.69) is 0 Å². The lowest BCUT2D eigenvalue weighted by Crippen LogP contribution is -2.32. The highest BCUT2D eigenvalue weighted by Crippen LogP contribution is 2.53. The molecule has 7 heteroatoms.